The van der Waals surface area contributed by atoms with Crippen molar-refractivity contribution in [3.05, 3.63) is 84.0 Å². The van der Waals surface area contributed by atoms with Crippen molar-refractivity contribution in [1.82, 2.24) is 10.2 Å². The zero-order valence-corrected chi connectivity index (χ0v) is 28.4. The number of carbonyl (C=O) groups excluding carboxylic acids is 2. The van der Waals surface area contributed by atoms with E-state index in [2.05, 4.69) is 15.2 Å². The van der Waals surface area contributed by atoms with Crippen LogP contribution in [-0.4, -0.2) is 89.1 Å². The molecule has 1 unspecified atom stereocenters. The maximum Gasteiger partial charge on any atom is 0.412 e. The Morgan fingerprint density at radius 1 is 1.14 bits per heavy atom. The van der Waals surface area contributed by atoms with Crippen molar-refractivity contribution in [3.63, 3.8) is 0 Å². The molecule has 3 aliphatic rings. The van der Waals surface area contributed by atoms with E-state index >= 15 is 0 Å². The third-order valence-electron chi connectivity index (χ3n) is 8.51. The number of rotatable bonds is 12. The summed E-state index contributed by atoms with van der Waals surface area (Å²) in [5, 5.41) is 11.1. The van der Waals surface area contributed by atoms with Gasteiger partial charge in [-0.15, -0.1) is 0 Å². The van der Waals surface area contributed by atoms with E-state index in [-0.39, 0.29) is 36.2 Å². The molecule has 1 aliphatic carbocycles. The van der Waals surface area contributed by atoms with Gasteiger partial charge in [-0.3, -0.25) is 14.1 Å². The highest BCUT2D eigenvalue weighted by molar-refractivity contribution is 7.92. The Kier molecular flexibility index (Phi) is 11.4. The zero-order valence-electron chi connectivity index (χ0n) is 27.6. The van der Waals surface area contributed by atoms with Gasteiger partial charge in [-0.2, -0.15) is 0 Å². The summed E-state index contributed by atoms with van der Waals surface area (Å²) in [7, 11) is -2.24. The van der Waals surface area contributed by atoms with Crippen LogP contribution in [0.15, 0.2) is 83.4 Å². The fraction of sp³-hybridized carbons (Fsp3) is 0.371. The molecule has 2 aromatic rings. The van der Waals surface area contributed by atoms with Crippen molar-refractivity contribution in [3.8, 4) is 17.2 Å². The van der Waals surface area contributed by atoms with Gasteiger partial charge >= 0.3 is 6.09 Å². The summed E-state index contributed by atoms with van der Waals surface area (Å²) in [5.74, 6) is 1.22. The third kappa shape index (κ3) is 9.28. The average Bonchev–Trinajstić information content (AvgIpc) is 3.62. The van der Waals surface area contributed by atoms with Gasteiger partial charge in [-0.25, -0.2) is 13.2 Å². The summed E-state index contributed by atoms with van der Waals surface area (Å²) in [5.41, 5.74) is 7.05. The maximum atomic E-state index is 12.9. The molecule has 0 radical (unpaired) electrons. The fourth-order valence-corrected chi connectivity index (χ4v) is 6.78. The summed E-state index contributed by atoms with van der Waals surface area (Å²) in [4.78, 5) is 31.8. The van der Waals surface area contributed by atoms with E-state index in [1.165, 1.54) is 6.07 Å². The molecular formula is C35H42N6O7S. The number of likely N-dealkylation sites (tertiary alicyclic amines) is 1. The van der Waals surface area contributed by atoms with Gasteiger partial charge < -0.3 is 35.6 Å². The molecule has 2 aliphatic heterocycles. The summed E-state index contributed by atoms with van der Waals surface area (Å²) >= 11 is 0. The molecule has 0 bridgehead atoms. The summed E-state index contributed by atoms with van der Waals surface area (Å²) in [6, 6.07) is 11.2. The molecule has 260 valence electrons. The number of hydrogen-bond donors (Lipinski definition) is 3. The lowest BCUT2D eigenvalue weighted by atomic mass is 9.89. The molecule has 0 saturated carbocycles. The largest absolute Gasteiger partial charge is 0.497 e. The van der Waals surface area contributed by atoms with Crippen LogP contribution in [-0.2, 0) is 10.0 Å². The minimum atomic E-state index is -3.78. The van der Waals surface area contributed by atoms with Gasteiger partial charge in [0.05, 0.1) is 37.0 Å². The molecular weight excluding hydrogens is 648 g/mol. The Morgan fingerprint density at radius 3 is 2.53 bits per heavy atom. The number of nitrogens with one attached hydrogen (secondary N) is 2. The van der Waals surface area contributed by atoms with E-state index in [4.69, 9.17) is 25.4 Å². The molecule has 4 N–H and O–H groups in total. The van der Waals surface area contributed by atoms with E-state index in [0.717, 1.165) is 61.7 Å². The molecule has 14 heteroatoms. The monoisotopic (exact) mass is 690 g/mol. The predicted molar refractivity (Wildman–Crippen MR) is 189 cm³/mol. The van der Waals surface area contributed by atoms with Crippen LogP contribution in [0.25, 0.3) is 0 Å². The number of nitrogens with zero attached hydrogens (tertiary/aromatic N) is 3. The third-order valence-corrected chi connectivity index (χ3v) is 9.68. The number of ether oxygens (including phenoxy) is 3. The van der Waals surface area contributed by atoms with Gasteiger partial charge in [0.15, 0.2) is 0 Å². The molecule has 2 aromatic carbocycles. The van der Waals surface area contributed by atoms with Crippen LogP contribution in [0.5, 0.6) is 17.2 Å². The number of methoxy groups -OCH3 is 1. The second-order valence-corrected chi connectivity index (χ2v) is 13.8. The van der Waals surface area contributed by atoms with Gasteiger partial charge in [0, 0.05) is 57.1 Å². The molecule has 0 spiro atoms. The summed E-state index contributed by atoms with van der Waals surface area (Å²) < 4.78 is 43.6. The second-order valence-electron chi connectivity index (χ2n) is 11.9. The van der Waals surface area contributed by atoms with E-state index in [9.17, 15) is 18.0 Å². The van der Waals surface area contributed by atoms with Crippen molar-refractivity contribution in [1.29, 1.82) is 5.41 Å². The highest BCUT2D eigenvalue weighted by Gasteiger charge is 2.26. The first-order valence-corrected chi connectivity index (χ1v) is 18.0. The number of hydrogen-bond acceptors (Lipinski definition) is 10. The quantitative estimate of drug-likeness (QED) is 0.299. The Morgan fingerprint density at radius 2 is 1.88 bits per heavy atom. The van der Waals surface area contributed by atoms with Gasteiger partial charge in [0.2, 0.25) is 10.0 Å². The van der Waals surface area contributed by atoms with Gasteiger partial charge in [-0.05, 0) is 60.5 Å². The number of anilines is 1. The molecule has 0 aromatic heterocycles. The lowest BCUT2D eigenvalue weighted by Gasteiger charge is -2.34. The van der Waals surface area contributed by atoms with Crippen LogP contribution >= 0.6 is 0 Å². The Labute approximate surface area is 286 Å². The minimum Gasteiger partial charge on any atom is -0.497 e. The highest BCUT2D eigenvalue weighted by Crippen LogP contribution is 2.30. The van der Waals surface area contributed by atoms with Crippen molar-refractivity contribution < 1.29 is 32.2 Å². The van der Waals surface area contributed by atoms with Crippen LogP contribution < -0.4 is 29.6 Å². The number of primary amides is 1. The second kappa shape index (κ2) is 15.9. The van der Waals surface area contributed by atoms with Crippen molar-refractivity contribution >= 4 is 39.3 Å². The first-order chi connectivity index (χ1) is 23.5. The number of carbonyl (C=O) groups is 2. The standard InChI is InChI=1S/C35H42N6O7S/c1-46-26-11-13-27(14-12-26)48-35(43)39-23-30-24(6-3-8-31(30)36)7-5-19-41(49(2,44)45)25-10-15-32(29(22-25)34(37)42)47-28-16-20-40(21-17-28)33-9-4-18-38-33/h3,5-8,10-15,22,28,30,36H,4,9,16-21,23H2,1-2H3,(H2,37,42)(H,39,43)/b7-5+,36-31?. The van der Waals surface area contributed by atoms with Crippen molar-refractivity contribution in [2.45, 2.75) is 31.8 Å². The molecule has 2 amide bonds. The number of amidine groups is 1. The molecule has 1 fully saturated rings. The van der Waals surface area contributed by atoms with E-state index in [1.54, 1.807) is 73.9 Å². The van der Waals surface area contributed by atoms with Crippen LogP contribution in [0, 0.1) is 11.3 Å². The van der Waals surface area contributed by atoms with Crippen LogP contribution in [0.1, 0.15) is 36.0 Å². The zero-order chi connectivity index (χ0) is 35.0. The lowest BCUT2D eigenvalue weighted by Crippen LogP contribution is -2.41. The Hall–Kier alpha value is -5.11. The normalized spacial score (nSPS) is 18.2. The first kappa shape index (κ1) is 35.2. The number of benzene rings is 2. The van der Waals surface area contributed by atoms with E-state index in [0.29, 0.717) is 22.8 Å². The van der Waals surface area contributed by atoms with E-state index < -0.39 is 27.9 Å². The Balaban J connectivity index is 1.23. The Bertz CT molecular complexity index is 1780. The summed E-state index contributed by atoms with van der Waals surface area (Å²) in [6.07, 6.45) is 12.4. The summed E-state index contributed by atoms with van der Waals surface area (Å²) in [6.45, 7) is 2.54. The number of nitrogens with two attached hydrogens (primary N) is 1. The maximum absolute atomic E-state index is 12.9. The SMILES string of the molecule is COc1ccc(OC(=O)NCC2C(=N)C=CC=C2/C=C/CN(c2ccc(OC3CCN(C4=NCCC4)CC3)c(C(N)=O)c2)S(C)(=O)=O)cc1. The predicted octanol–water partition coefficient (Wildman–Crippen LogP) is 4.07. The van der Waals surface area contributed by atoms with Crippen molar-refractivity contribution in [2.75, 3.05) is 50.4 Å². The van der Waals surface area contributed by atoms with E-state index in [1.807, 2.05) is 0 Å². The molecule has 13 nitrogen and oxygen atoms in total. The van der Waals surface area contributed by atoms with Gasteiger partial charge in [0.1, 0.15) is 23.4 Å². The topological polar surface area (TPSA) is 177 Å². The average molecular weight is 691 g/mol. The number of amides is 2. The number of sulfonamides is 1. The fourth-order valence-electron chi connectivity index (χ4n) is 5.93. The number of aliphatic imine (C=N–C) groups is 1. The lowest BCUT2D eigenvalue weighted by molar-refractivity contribution is 0.0982. The first-order valence-electron chi connectivity index (χ1n) is 16.1. The van der Waals surface area contributed by atoms with Crippen LogP contribution in [0.2, 0.25) is 0 Å². The number of allylic oxidation sites excluding steroid dienone is 4. The number of piperidine rings is 1. The highest BCUT2D eigenvalue weighted by atomic mass is 32.2. The molecule has 2 heterocycles. The van der Waals surface area contributed by atoms with Gasteiger partial charge in [0.25, 0.3) is 5.91 Å². The van der Waals surface area contributed by atoms with Crippen LogP contribution in [0.4, 0.5) is 10.5 Å². The van der Waals surface area contributed by atoms with Crippen molar-refractivity contribution in [2.24, 2.45) is 16.6 Å². The van der Waals surface area contributed by atoms with Crippen LogP contribution in [0.3, 0.4) is 0 Å². The molecule has 1 atom stereocenters. The smallest absolute Gasteiger partial charge is 0.412 e. The minimum absolute atomic E-state index is 0.0619. The molecule has 49 heavy (non-hydrogen) atoms. The molecule has 1 saturated heterocycles. The van der Waals surface area contributed by atoms with Gasteiger partial charge in [-0.1, -0.05) is 24.3 Å². The molecule has 5 rings (SSSR count).